The molecule has 2 fully saturated rings. The Morgan fingerprint density at radius 1 is 1.27 bits per heavy atom. The van der Waals surface area contributed by atoms with Gasteiger partial charge in [-0.2, -0.15) is 0 Å². The van der Waals surface area contributed by atoms with E-state index in [1.165, 1.54) is 0 Å². The molecule has 120 valence electrons. The molecule has 1 aromatic carbocycles. The Hall–Kier alpha value is -1.75. The standard InChI is InChI=1S/C17H24N2O3/c1-11(12-3-5-16(22-2)6-4-12)18-17(21)19-9-13-7-15(20)8-14(13)10-19/h3-6,11,13-15,20H,7-10H2,1-2H3,(H,18,21)/t11-,13-,14+,15?/m1/s1. The number of carbonyl (C=O) groups excluding carboxylic acids is 1. The molecule has 5 heteroatoms. The van der Waals surface area contributed by atoms with Crippen molar-refractivity contribution in [2.45, 2.75) is 31.9 Å². The van der Waals surface area contributed by atoms with Crippen molar-refractivity contribution >= 4 is 6.03 Å². The largest absolute Gasteiger partial charge is 0.497 e. The topological polar surface area (TPSA) is 61.8 Å². The van der Waals surface area contributed by atoms with Crippen LogP contribution in [0.2, 0.25) is 0 Å². The molecule has 1 heterocycles. The lowest BCUT2D eigenvalue weighted by atomic mass is 10.0. The minimum Gasteiger partial charge on any atom is -0.497 e. The first kappa shape index (κ1) is 15.2. The van der Waals surface area contributed by atoms with Gasteiger partial charge in [0.05, 0.1) is 19.3 Å². The molecule has 0 spiro atoms. The number of aliphatic hydroxyl groups excluding tert-OH is 1. The van der Waals surface area contributed by atoms with Gasteiger partial charge in [0.2, 0.25) is 0 Å². The predicted molar refractivity (Wildman–Crippen MR) is 83.7 cm³/mol. The molecular formula is C17H24N2O3. The van der Waals surface area contributed by atoms with Crippen LogP contribution in [0.1, 0.15) is 31.4 Å². The fourth-order valence-corrected chi connectivity index (χ4v) is 3.69. The lowest BCUT2D eigenvalue weighted by Gasteiger charge is -2.22. The van der Waals surface area contributed by atoms with Crippen molar-refractivity contribution in [3.63, 3.8) is 0 Å². The molecule has 2 aliphatic rings. The van der Waals surface area contributed by atoms with Crippen LogP contribution in [0.25, 0.3) is 0 Å². The first-order valence-electron chi connectivity index (χ1n) is 7.94. The average Bonchev–Trinajstić information content (AvgIpc) is 3.04. The molecule has 1 saturated carbocycles. The number of hydrogen-bond donors (Lipinski definition) is 2. The van der Waals surface area contributed by atoms with E-state index in [1.54, 1.807) is 7.11 Å². The zero-order valence-electron chi connectivity index (χ0n) is 13.2. The third-order valence-electron chi connectivity index (χ3n) is 4.97. The van der Waals surface area contributed by atoms with Gasteiger partial charge in [-0.1, -0.05) is 12.1 Å². The fraction of sp³-hybridized carbons (Fsp3) is 0.588. The smallest absolute Gasteiger partial charge is 0.317 e. The highest BCUT2D eigenvalue weighted by Gasteiger charge is 2.41. The number of carbonyl (C=O) groups is 1. The molecule has 22 heavy (non-hydrogen) atoms. The predicted octanol–water partition coefficient (Wildman–Crippen LogP) is 2.17. The molecular weight excluding hydrogens is 280 g/mol. The molecule has 1 aliphatic carbocycles. The van der Waals surface area contributed by atoms with Gasteiger partial charge in [-0.25, -0.2) is 4.79 Å². The number of benzene rings is 1. The fourth-order valence-electron chi connectivity index (χ4n) is 3.69. The molecule has 0 aromatic heterocycles. The molecule has 1 saturated heterocycles. The molecule has 2 amide bonds. The van der Waals surface area contributed by atoms with Gasteiger partial charge in [-0.15, -0.1) is 0 Å². The maximum absolute atomic E-state index is 12.4. The number of urea groups is 1. The van der Waals surface area contributed by atoms with E-state index in [9.17, 15) is 9.90 Å². The number of ether oxygens (including phenoxy) is 1. The number of methoxy groups -OCH3 is 1. The minimum absolute atomic E-state index is 0.00721. The number of amides is 2. The molecule has 0 radical (unpaired) electrons. The van der Waals surface area contributed by atoms with Gasteiger partial charge >= 0.3 is 6.03 Å². The highest BCUT2D eigenvalue weighted by molar-refractivity contribution is 5.75. The third-order valence-corrected chi connectivity index (χ3v) is 4.97. The van der Waals surface area contributed by atoms with E-state index in [4.69, 9.17) is 4.74 Å². The van der Waals surface area contributed by atoms with E-state index in [-0.39, 0.29) is 18.2 Å². The van der Waals surface area contributed by atoms with Crippen LogP contribution in [0.15, 0.2) is 24.3 Å². The van der Waals surface area contributed by atoms with E-state index in [1.807, 2.05) is 36.1 Å². The van der Waals surface area contributed by atoms with Crippen LogP contribution in [-0.2, 0) is 0 Å². The molecule has 5 nitrogen and oxygen atoms in total. The van der Waals surface area contributed by atoms with Crippen LogP contribution in [0.3, 0.4) is 0 Å². The second-order valence-electron chi connectivity index (χ2n) is 6.49. The zero-order valence-corrected chi connectivity index (χ0v) is 13.2. The van der Waals surface area contributed by atoms with E-state index in [0.29, 0.717) is 11.8 Å². The number of likely N-dealkylation sites (tertiary alicyclic amines) is 1. The van der Waals surface area contributed by atoms with Crippen molar-refractivity contribution in [1.29, 1.82) is 0 Å². The van der Waals surface area contributed by atoms with Crippen molar-refractivity contribution in [3.05, 3.63) is 29.8 Å². The summed E-state index contributed by atoms with van der Waals surface area (Å²) in [7, 11) is 1.64. The molecule has 2 N–H and O–H groups in total. The van der Waals surface area contributed by atoms with Gasteiger partial charge < -0.3 is 20.1 Å². The van der Waals surface area contributed by atoms with E-state index < -0.39 is 0 Å². The van der Waals surface area contributed by atoms with E-state index in [0.717, 1.165) is 37.2 Å². The lowest BCUT2D eigenvalue weighted by molar-refractivity contribution is 0.160. The van der Waals surface area contributed by atoms with Crippen LogP contribution < -0.4 is 10.1 Å². The van der Waals surface area contributed by atoms with Crippen molar-refractivity contribution < 1.29 is 14.6 Å². The minimum atomic E-state index is -0.168. The summed E-state index contributed by atoms with van der Waals surface area (Å²) in [6.45, 7) is 3.52. The summed E-state index contributed by atoms with van der Waals surface area (Å²) in [4.78, 5) is 14.3. The number of nitrogens with zero attached hydrogens (tertiary/aromatic N) is 1. The Bertz CT molecular complexity index is 517. The monoisotopic (exact) mass is 304 g/mol. The zero-order chi connectivity index (χ0) is 15.7. The van der Waals surface area contributed by atoms with Crippen LogP contribution >= 0.6 is 0 Å². The Kier molecular flexibility index (Phi) is 4.25. The number of rotatable bonds is 3. The number of fused-ring (bicyclic) bond motifs is 1. The first-order chi connectivity index (χ1) is 10.6. The normalized spacial score (nSPS) is 28.3. The summed E-state index contributed by atoms with van der Waals surface area (Å²) in [5, 5.41) is 12.7. The summed E-state index contributed by atoms with van der Waals surface area (Å²) in [6, 6.07) is 7.70. The molecule has 3 rings (SSSR count). The molecule has 1 aliphatic heterocycles. The lowest BCUT2D eigenvalue weighted by Crippen LogP contribution is -2.40. The average molecular weight is 304 g/mol. The van der Waals surface area contributed by atoms with Crippen LogP contribution in [-0.4, -0.2) is 42.3 Å². The van der Waals surface area contributed by atoms with Crippen LogP contribution in [0.5, 0.6) is 5.75 Å². The van der Waals surface area contributed by atoms with Gasteiger partial charge in [0, 0.05) is 13.1 Å². The van der Waals surface area contributed by atoms with E-state index >= 15 is 0 Å². The maximum atomic E-state index is 12.4. The van der Waals surface area contributed by atoms with Crippen molar-refractivity contribution in [3.8, 4) is 5.75 Å². The van der Waals surface area contributed by atoms with Gasteiger partial charge in [-0.3, -0.25) is 0 Å². The van der Waals surface area contributed by atoms with E-state index in [2.05, 4.69) is 5.32 Å². The summed E-state index contributed by atoms with van der Waals surface area (Å²) in [5.74, 6) is 1.75. The molecule has 0 bridgehead atoms. The molecule has 4 atom stereocenters. The Balaban J connectivity index is 1.55. The van der Waals surface area contributed by atoms with Crippen molar-refractivity contribution in [2.24, 2.45) is 11.8 Å². The highest BCUT2D eigenvalue weighted by Crippen LogP contribution is 2.38. The number of nitrogens with one attached hydrogen (secondary N) is 1. The Morgan fingerprint density at radius 3 is 2.41 bits per heavy atom. The second-order valence-corrected chi connectivity index (χ2v) is 6.49. The Labute approximate surface area is 131 Å². The maximum Gasteiger partial charge on any atom is 0.317 e. The van der Waals surface area contributed by atoms with Crippen molar-refractivity contribution in [2.75, 3.05) is 20.2 Å². The summed E-state index contributed by atoms with van der Waals surface area (Å²) < 4.78 is 5.15. The quantitative estimate of drug-likeness (QED) is 0.899. The number of aliphatic hydroxyl groups is 1. The van der Waals surface area contributed by atoms with Crippen LogP contribution in [0, 0.1) is 11.8 Å². The Morgan fingerprint density at radius 2 is 1.86 bits per heavy atom. The molecule has 1 unspecified atom stereocenters. The van der Waals surface area contributed by atoms with Crippen LogP contribution in [0.4, 0.5) is 4.79 Å². The second kappa shape index (κ2) is 6.16. The van der Waals surface area contributed by atoms with Gasteiger partial charge in [-0.05, 0) is 49.3 Å². The third kappa shape index (κ3) is 3.04. The SMILES string of the molecule is COc1ccc([C@@H](C)NC(=O)N2C[C@H]3CC(O)C[C@H]3C2)cc1. The first-order valence-corrected chi connectivity index (χ1v) is 7.94. The van der Waals surface area contributed by atoms with Crippen molar-refractivity contribution in [1.82, 2.24) is 10.2 Å². The highest BCUT2D eigenvalue weighted by atomic mass is 16.5. The summed E-state index contributed by atoms with van der Waals surface area (Å²) >= 11 is 0. The van der Waals surface area contributed by atoms with Gasteiger partial charge in [0.25, 0.3) is 0 Å². The molecule has 1 aromatic rings. The van der Waals surface area contributed by atoms with Gasteiger partial charge in [0.15, 0.2) is 0 Å². The summed E-state index contributed by atoms with van der Waals surface area (Å²) in [6.07, 6.45) is 1.50. The summed E-state index contributed by atoms with van der Waals surface area (Å²) in [5.41, 5.74) is 1.06. The van der Waals surface area contributed by atoms with Gasteiger partial charge in [0.1, 0.15) is 5.75 Å². The number of hydrogen-bond acceptors (Lipinski definition) is 3.